The molecule has 2 aromatic rings. The van der Waals surface area contributed by atoms with Crippen LogP contribution >= 0.6 is 23.2 Å². The van der Waals surface area contributed by atoms with Crippen LogP contribution in [0.3, 0.4) is 0 Å². The lowest BCUT2D eigenvalue weighted by atomic mass is 10.1. The average Bonchev–Trinajstić information content (AvgIpc) is 2.57. The number of carbonyl (C=O) groups excluding carboxylic acids is 1. The van der Waals surface area contributed by atoms with Crippen molar-refractivity contribution in [3.05, 3.63) is 63.1 Å². The molecule has 0 spiro atoms. The van der Waals surface area contributed by atoms with E-state index in [0.29, 0.717) is 29.5 Å². The molecule has 0 radical (unpaired) electrons. The van der Waals surface area contributed by atoms with Gasteiger partial charge in [0.05, 0.1) is 16.1 Å². The second kappa shape index (κ2) is 9.12. The van der Waals surface area contributed by atoms with Crippen molar-refractivity contribution in [2.24, 2.45) is 0 Å². The summed E-state index contributed by atoms with van der Waals surface area (Å²) >= 11 is 11.9. The minimum atomic E-state index is -0.0667. The Hall–Kier alpha value is -1.71. The van der Waals surface area contributed by atoms with Gasteiger partial charge in [0.25, 0.3) is 0 Å². The third-order valence-corrected chi connectivity index (χ3v) is 4.75. The molecule has 5 heteroatoms. The van der Waals surface area contributed by atoms with Crippen molar-refractivity contribution in [3.63, 3.8) is 0 Å². The van der Waals surface area contributed by atoms with Gasteiger partial charge in [0.15, 0.2) is 0 Å². The Morgan fingerprint density at radius 1 is 1.08 bits per heavy atom. The second-order valence-electron chi connectivity index (χ2n) is 6.27. The first kappa shape index (κ1) is 19.6. The first-order valence-corrected chi connectivity index (χ1v) is 9.04. The quantitative estimate of drug-likeness (QED) is 0.724. The summed E-state index contributed by atoms with van der Waals surface area (Å²) < 4.78 is 5.75. The van der Waals surface area contributed by atoms with Gasteiger partial charge in [-0.25, -0.2) is 0 Å². The van der Waals surface area contributed by atoms with Gasteiger partial charge in [-0.3, -0.25) is 4.79 Å². The van der Waals surface area contributed by atoms with E-state index >= 15 is 0 Å². The van der Waals surface area contributed by atoms with Gasteiger partial charge >= 0.3 is 0 Å². The molecule has 0 aromatic heterocycles. The van der Waals surface area contributed by atoms with E-state index in [2.05, 4.69) is 19.2 Å². The Labute approximate surface area is 159 Å². The SMILES string of the molecule is Cc1ccc(OC[C@@H](C)NC(=O)CCc2ccc(Cl)c(Cl)c2)cc1C. The maximum Gasteiger partial charge on any atom is 0.220 e. The fourth-order valence-corrected chi connectivity index (χ4v) is 2.69. The van der Waals surface area contributed by atoms with E-state index in [9.17, 15) is 4.79 Å². The summed E-state index contributed by atoms with van der Waals surface area (Å²) in [5, 5.41) is 3.98. The number of amides is 1. The topological polar surface area (TPSA) is 38.3 Å². The summed E-state index contributed by atoms with van der Waals surface area (Å²) in [6.45, 7) is 6.48. The number of rotatable bonds is 7. The highest BCUT2D eigenvalue weighted by molar-refractivity contribution is 6.42. The van der Waals surface area contributed by atoms with Crippen LogP contribution in [0.4, 0.5) is 0 Å². The molecule has 2 aromatic carbocycles. The fourth-order valence-electron chi connectivity index (χ4n) is 2.37. The van der Waals surface area contributed by atoms with Crippen LogP contribution in [-0.4, -0.2) is 18.6 Å². The Kier molecular flexibility index (Phi) is 7.15. The third kappa shape index (κ3) is 6.26. The molecule has 0 aliphatic heterocycles. The average molecular weight is 380 g/mol. The van der Waals surface area contributed by atoms with Crippen molar-refractivity contribution >= 4 is 29.1 Å². The molecule has 0 saturated carbocycles. The van der Waals surface area contributed by atoms with Gasteiger partial charge in [0.2, 0.25) is 5.91 Å². The molecule has 0 aliphatic rings. The van der Waals surface area contributed by atoms with Gasteiger partial charge in [-0.15, -0.1) is 0 Å². The standard InChI is InChI=1S/C20H23Cl2NO2/c1-13-4-7-17(10-14(13)2)25-12-15(3)23-20(24)9-6-16-5-8-18(21)19(22)11-16/h4-5,7-8,10-11,15H,6,9,12H2,1-3H3,(H,23,24)/t15-/m1/s1. The number of ether oxygens (including phenoxy) is 1. The minimum Gasteiger partial charge on any atom is -0.491 e. The van der Waals surface area contributed by atoms with E-state index in [-0.39, 0.29) is 11.9 Å². The Bertz CT molecular complexity index is 746. The van der Waals surface area contributed by atoms with Crippen molar-refractivity contribution in [2.75, 3.05) is 6.61 Å². The zero-order valence-electron chi connectivity index (χ0n) is 14.7. The van der Waals surface area contributed by atoms with Gasteiger partial charge in [-0.05, 0) is 68.1 Å². The molecular weight excluding hydrogens is 357 g/mol. The van der Waals surface area contributed by atoms with Crippen LogP contribution in [-0.2, 0) is 11.2 Å². The number of nitrogens with one attached hydrogen (secondary N) is 1. The largest absolute Gasteiger partial charge is 0.491 e. The Balaban J connectivity index is 1.75. The molecule has 0 bridgehead atoms. The van der Waals surface area contributed by atoms with Crippen LogP contribution in [0, 0.1) is 13.8 Å². The summed E-state index contributed by atoms with van der Waals surface area (Å²) in [7, 11) is 0. The number of carbonyl (C=O) groups is 1. The first-order valence-electron chi connectivity index (χ1n) is 8.28. The molecule has 134 valence electrons. The highest BCUT2D eigenvalue weighted by Gasteiger charge is 2.09. The molecule has 1 N–H and O–H groups in total. The Morgan fingerprint density at radius 3 is 2.52 bits per heavy atom. The molecule has 0 saturated heterocycles. The zero-order chi connectivity index (χ0) is 18.4. The molecule has 0 unspecified atom stereocenters. The molecule has 25 heavy (non-hydrogen) atoms. The third-order valence-electron chi connectivity index (χ3n) is 4.01. The highest BCUT2D eigenvalue weighted by Crippen LogP contribution is 2.23. The molecule has 0 fully saturated rings. The van der Waals surface area contributed by atoms with E-state index in [0.717, 1.165) is 11.3 Å². The minimum absolute atomic E-state index is 0.0118. The van der Waals surface area contributed by atoms with Crippen molar-refractivity contribution in [2.45, 2.75) is 39.7 Å². The van der Waals surface area contributed by atoms with Crippen molar-refractivity contribution in [1.82, 2.24) is 5.32 Å². The number of halogens is 2. The summed E-state index contributed by atoms with van der Waals surface area (Å²) in [6, 6.07) is 11.3. The van der Waals surface area contributed by atoms with E-state index in [4.69, 9.17) is 27.9 Å². The molecule has 0 heterocycles. The molecule has 2 rings (SSSR count). The van der Waals surface area contributed by atoms with Crippen molar-refractivity contribution in [1.29, 1.82) is 0 Å². The predicted molar refractivity (Wildman–Crippen MR) is 104 cm³/mol. The summed E-state index contributed by atoms with van der Waals surface area (Å²) in [5.41, 5.74) is 3.41. The first-order chi connectivity index (χ1) is 11.8. The summed E-state index contributed by atoms with van der Waals surface area (Å²) in [4.78, 5) is 12.1. The van der Waals surface area contributed by atoms with Crippen LogP contribution in [0.1, 0.15) is 30.0 Å². The van der Waals surface area contributed by atoms with Crippen LogP contribution in [0.2, 0.25) is 10.0 Å². The second-order valence-corrected chi connectivity index (χ2v) is 7.09. The summed E-state index contributed by atoms with van der Waals surface area (Å²) in [5.74, 6) is 0.808. The van der Waals surface area contributed by atoms with E-state index < -0.39 is 0 Å². The number of hydrogen-bond acceptors (Lipinski definition) is 2. The fraction of sp³-hybridized carbons (Fsp3) is 0.350. The highest BCUT2D eigenvalue weighted by atomic mass is 35.5. The van der Waals surface area contributed by atoms with Gasteiger partial charge in [0, 0.05) is 6.42 Å². The predicted octanol–water partition coefficient (Wildman–Crippen LogP) is 5.13. The molecular formula is C20H23Cl2NO2. The Morgan fingerprint density at radius 2 is 1.84 bits per heavy atom. The maximum atomic E-state index is 12.1. The number of hydrogen-bond donors (Lipinski definition) is 1. The molecule has 1 amide bonds. The van der Waals surface area contributed by atoms with Gasteiger partial charge < -0.3 is 10.1 Å². The number of aryl methyl sites for hydroxylation is 3. The van der Waals surface area contributed by atoms with Crippen LogP contribution in [0.25, 0.3) is 0 Å². The van der Waals surface area contributed by atoms with Gasteiger partial charge in [-0.2, -0.15) is 0 Å². The zero-order valence-corrected chi connectivity index (χ0v) is 16.2. The lowest BCUT2D eigenvalue weighted by Gasteiger charge is -2.16. The normalized spacial score (nSPS) is 11.9. The van der Waals surface area contributed by atoms with Crippen LogP contribution in [0.15, 0.2) is 36.4 Å². The molecule has 0 aliphatic carbocycles. The smallest absolute Gasteiger partial charge is 0.220 e. The van der Waals surface area contributed by atoms with Gasteiger partial charge in [0.1, 0.15) is 12.4 Å². The summed E-state index contributed by atoms with van der Waals surface area (Å²) in [6.07, 6.45) is 1.01. The van der Waals surface area contributed by atoms with Gasteiger partial charge in [-0.1, -0.05) is 35.3 Å². The molecule has 3 nitrogen and oxygen atoms in total. The van der Waals surface area contributed by atoms with Crippen LogP contribution in [0.5, 0.6) is 5.75 Å². The van der Waals surface area contributed by atoms with Crippen molar-refractivity contribution in [3.8, 4) is 5.75 Å². The van der Waals surface area contributed by atoms with E-state index in [1.807, 2.05) is 31.2 Å². The lowest BCUT2D eigenvalue weighted by molar-refractivity contribution is -0.121. The van der Waals surface area contributed by atoms with E-state index in [1.165, 1.54) is 11.1 Å². The van der Waals surface area contributed by atoms with E-state index in [1.54, 1.807) is 12.1 Å². The van der Waals surface area contributed by atoms with Crippen LogP contribution < -0.4 is 10.1 Å². The number of benzene rings is 2. The lowest BCUT2D eigenvalue weighted by Crippen LogP contribution is -2.36. The monoisotopic (exact) mass is 379 g/mol. The van der Waals surface area contributed by atoms with Crippen molar-refractivity contribution < 1.29 is 9.53 Å². The molecule has 1 atom stereocenters. The maximum absolute atomic E-state index is 12.1.